The summed E-state index contributed by atoms with van der Waals surface area (Å²) < 4.78 is 10.5. The van der Waals surface area contributed by atoms with Crippen molar-refractivity contribution in [1.82, 2.24) is 0 Å². The number of esters is 1. The van der Waals surface area contributed by atoms with E-state index in [0.29, 0.717) is 16.9 Å². The van der Waals surface area contributed by atoms with Gasteiger partial charge >= 0.3 is 5.97 Å². The van der Waals surface area contributed by atoms with Crippen LogP contribution in [0.25, 0.3) is 22.3 Å². The van der Waals surface area contributed by atoms with E-state index < -0.39 is 16.5 Å². The van der Waals surface area contributed by atoms with Gasteiger partial charge in [-0.05, 0) is 119 Å². The normalized spacial score (nSPS) is 10.0. The zero-order valence-electron chi connectivity index (χ0n) is 28.0. The summed E-state index contributed by atoms with van der Waals surface area (Å²) >= 11 is 10.4. The van der Waals surface area contributed by atoms with Gasteiger partial charge in [-0.25, -0.2) is 4.79 Å². The summed E-state index contributed by atoms with van der Waals surface area (Å²) in [6, 6.07) is 41.3. The number of ether oxygens (including phenoxy) is 2. The number of hydrogen-bond acceptors (Lipinski definition) is 8. The average molecular weight is 736 g/mol. The van der Waals surface area contributed by atoms with Crippen molar-refractivity contribution >= 4 is 45.4 Å². The van der Waals surface area contributed by atoms with Crippen molar-refractivity contribution < 1.29 is 38.9 Å². The van der Waals surface area contributed by atoms with Crippen molar-refractivity contribution in [1.29, 1.82) is 0 Å². The zero-order chi connectivity index (χ0) is 37.6. The Morgan fingerprint density at radius 2 is 0.827 bits per heavy atom. The summed E-state index contributed by atoms with van der Waals surface area (Å²) in [4.78, 5) is 45.0. The van der Waals surface area contributed by atoms with Gasteiger partial charge in [-0.2, -0.15) is 0 Å². The molecule has 0 heterocycles. The third kappa shape index (κ3) is 11.4. The van der Waals surface area contributed by atoms with Gasteiger partial charge in [0.15, 0.2) is 5.78 Å². The molecule has 0 saturated heterocycles. The molecule has 6 rings (SSSR count). The smallest absolute Gasteiger partial charge is 0.343 e. The fraction of sp³-hybridized carbons (Fsp3) is 0.0476. The molecule has 0 unspecified atom stereocenters. The van der Waals surface area contributed by atoms with Gasteiger partial charge in [-0.1, -0.05) is 78.9 Å². The Kier molecular flexibility index (Phi) is 13.9. The lowest BCUT2D eigenvalue weighted by Gasteiger charge is -2.07. The van der Waals surface area contributed by atoms with Gasteiger partial charge in [-0.3, -0.25) is 14.4 Å². The molecule has 52 heavy (non-hydrogen) atoms. The van der Waals surface area contributed by atoms with Gasteiger partial charge in [0.25, 0.3) is 10.5 Å². The lowest BCUT2D eigenvalue weighted by Crippen LogP contribution is -2.09. The van der Waals surface area contributed by atoms with Gasteiger partial charge in [0.2, 0.25) is 0 Å². The molecule has 262 valence electrons. The third-order valence-corrected chi connectivity index (χ3v) is 7.81. The molecule has 0 aliphatic heterocycles. The second-order valence-corrected chi connectivity index (χ2v) is 11.7. The molecule has 0 atom stereocenters. The van der Waals surface area contributed by atoms with Crippen molar-refractivity contribution in [2.45, 2.75) is 6.92 Å². The summed E-state index contributed by atoms with van der Waals surface area (Å²) in [7, 11) is 1.63. The summed E-state index contributed by atoms with van der Waals surface area (Å²) in [6.45, 7) is 1.46. The molecule has 0 aliphatic rings. The molecule has 0 aromatic heterocycles. The molecule has 0 aliphatic carbocycles. The van der Waals surface area contributed by atoms with E-state index in [9.17, 15) is 19.2 Å². The molecular formula is C42H32Cl2O8. The van der Waals surface area contributed by atoms with Crippen LogP contribution in [0, 0.1) is 0 Å². The molecule has 0 spiro atoms. The van der Waals surface area contributed by atoms with Crippen LogP contribution < -0.4 is 9.47 Å². The lowest BCUT2D eigenvalue weighted by molar-refractivity contribution is 0.0734. The highest BCUT2D eigenvalue weighted by molar-refractivity contribution is 6.69. The number of methoxy groups -OCH3 is 1. The first-order valence-electron chi connectivity index (χ1n) is 15.6. The molecule has 0 bridgehead atoms. The Morgan fingerprint density at radius 1 is 0.481 bits per heavy atom. The van der Waals surface area contributed by atoms with Crippen LogP contribution in [0.5, 0.6) is 23.0 Å². The molecule has 0 fully saturated rings. The molecule has 2 N–H and O–H groups in total. The molecule has 0 saturated carbocycles. The van der Waals surface area contributed by atoms with Crippen molar-refractivity contribution in [2.75, 3.05) is 7.11 Å². The number of phenolic OH excluding ortho intramolecular Hbond substituents is 2. The summed E-state index contributed by atoms with van der Waals surface area (Å²) in [5.74, 6) is 1.17. The summed E-state index contributed by atoms with van der Waals surface area (Å²) in [6.07, 6.45) is 0. The fourth-order valence-electron chi connectivity index (χ4n) is 4.60. The fourth-order valence-corrected chi connectivity index (χ4v) is 4.84. The maximum atomic E-state index is 12.3. The number of phenols is 2. The molecule has 0 amide bonds. The van der Waals surface area contributed by atoms with Crippen molar-refractivity contribution in [3.63, 3.8) is 0 Å². The Hall–Kier alpha value is -6.22. The largest absolute Gasteiger partial charge is 0.508 e. The average Bonchev–Trinajstić information content (AvgIpc) is 3.16. The van der Waals surface area contributed by atoms with Gasteiger partial charge < -0.3 is 19.7 Å². The lowest BCUT2D eigenvalue weighted by atomic mass is 10.1. The van der Waals surface area contributed by atoms with Crippen LogP contribution in [0.3, 0.4) is 0 Å². The van der Waals surface area contributed by atoms with E-state index in [4.69, 9.17) is 42.9 Å². The van der Waals surface area contributed by atoms with Crippen molar-refractivity contribution in [3.05, 3.63) is 168 Å². The monoisotopic (exact) mass is 734 g/mol. The highest BCUT2D eigenvalue weighted by Crippen LogP contribution is 2.26. The van der Waals surface area contributed by atoms with Crippen LogP contribution in [0.1, 0.15) is 48.4 Å². The predicted octanol–water partition coefficient (Wildman–Crippen LogP) is 9.99. The van der Waals surface area contributed by atoms with Gasteiger partial charge in [0.05, 0.1) is 12.7 Å². The Labute approximate surface area is 310 Å². The number of rotatable bonds is 8. The van der Waals surface area contributed by atoms with Crippen LogP contribution in [-0.4, -0.2) is 39.6 Å². The Bertz CT molecular complexity index is 2070. The van der Waals surface area contributed by atoms with Gasteiger partial charge in [0.1, 0.15) is 23.0 Å². The summed E-state index contributed by atoms with van der Waals surface area (Å²) in [5, 5.41) is 17.0. The maximum absolute atomic E-state index is 12.3. The van der Waals surface area contributed by atoms with E-state index in [1.165, 1.54) is 31.2 Å². The van der Waals surface area contributed by atoms with Crippen LogP contribution in [0.2, 0.25) is 0 Å². The molecule has 0 radical (unpaired) electrons. The number of Topliss-reactive ketones (excluding diaryl/α,β-unsaturated/α-hetero) is 1. The van der Waals surface area contributed by atoms with Crippen LogP contribution in [0.4, 0.5) is 0 Å². The number of ketones is 1. The Balaban J connectivity index is 0.000000195. The second kappa shape index (κ2) is 18.7. The summed E-state index contributed by atoms with van der Waals surface area (Å²) in [5.41, 5.74) is 5.44. The first kappa shape index (κ1) is 38.6. The molecular weight excluding hydrogens is 703 g/mol. The number of halogens is 2. The van der Waals surface area contributed by atoms with E-state index in [2.05, 4.69) is 0 Å². The second-order valence-electron chi connectivity index (χ2n) is 11.0. The minimum Gasteiger partial charge on any atom is -0.508 e. The Morgan fingerprint density at radius 3 is 1.21 bits per heavy atom. The highest BCUT2D eigenvalue weighted by atomic mass is 35.5. The van der Waals surface area contributed by atoms with Gasteiger partial charge in [-0.15, -0.1) is 0 Å². The standard InChI is InChI=1S/C22H18O4.C12H10O2.C8H4Cl2O2/c1-15(23)18-4-3-5-19(14-18)22(24)26-21-12-8-17(9-13-21)16-6-10-20(25-2)11-7-16;13-11-5-1-9(2-6-11)10-3-7-12(14)8-4-10;9-7(11)5-2-1-3-6(4-5)8(10)12/h3-14H,1-2H3;1-8,13-14H;1-4H. The van der Waals surface area contributed by atoms with Crippen LogP contribution >= 0.6 is 23.2 Å². The zero-order valence-corrected chi connectivity index (χ0v) is 29.5. The van der Waals surface area contributed by atoms with E-state index >= 15 is 0 Å². The molecule has 8 nitrogen and oxygen atoms in total. The van der Waals surface area contributed by atoms with Crippen LogP contribution in [0.15, 0.2) is 146 Å². The molecule has 10 heteroatoms. The maximum Gasteiger partial charge on any atom is 0.343 e. The number of carbonyl (C=O) groups excluding carboxylic acids is 4. The van der Waals surface area contributed by atoms with Crippen LogP contribution in [-0.2, 0) is 0 Å². The molecule has 6 aromatic carbocycles. The van der Waals surface area contributed by atoms with E-state index in [1.54, 1.807) is 67.8 Å². The number of hydrogen-bond donors (Lipinski definition) is 2. The quantitative estimate of drug-likeness (QED) is 0.0685. The van der Waals surface area contributed by atoms with E-state index in [-0.39, 0.29) is 28.4 Å². The first-order valence-corrected chi connectivity index (χ1v) is 16.3. The third-order valence-electron chi connectivity index (χ3n) is 7.38. The van der Waals surface area contributed by atoms with E-state index in [0.717, 1.165) is 28.0 Å². The highest BCUT2D eigenvalue weighted by Gasteiger charge is 2.11. The topological polar surface area (TPSA) is 127 Å². The molecule has 6 aromatic rings. The first-order chi connectivity index (χ1) is 24.9. The number of carbonyl (C=O) groups is 4. The van der Waals surface area contributed by atoms with Crippen molar-refractivity contribution in [3.8, 4) is 45.3 Å². The van der Waals surface area contributed by atoms with E-state index in [1.807, 2.05) is 60.7 Å². The van der Waals surface area contributed by atoms with Crippen molar-refractivity contribution in [2.24, 2.45) is 0 Å². The number of benzene rings is 6. The predicted molar refractivity (Wildman–Crippen MR) is 202 cm³/mol. The number of aromatic hydroxyl groups is 2. The minimum absolute atomic E-state index is 0.0940. The SMILES string of the molecule is COc1ccc(-c2ccc(OC(=O)c3cccc(C(C)=O)c3)cc2)cc1.O=C(Cl)c1cccc(C(=O)Cl)c1.Oc1ccc(-c2ccc(O)cc2)cc1. The van der Waals surface area contributed by atoms with Gasteiger partial charge in [0, 0.05) is 16.7 Å². The minimum atomic E-state index is -0.602.